The third-order valence-electron chi connectivity index (χ3n) is 1.64. The monoisotopic (exact) mass is 210 g/mol. The summed E-state index contributed by atoms with van der Waals surface area (Å²) in [6, 6.07) is 5.27. The second-order valence-corrected chi connectivity index (χ2v) is 3.34. The van der Waals surface area contributed by atoms with E-state index in [1.165, 1.54) is 0 Å². The first-order chi connectivity index (χ1) is 6.27. The molecule has 0 saturated carbocycles. The van der Waals surface area contributed by atoms with E-state index >= 15 is 0 Å². The fraction of sp³-hybridized carbons (Fsp3) is 0. The summed E-state index contributed by atoms with van der Waals surface area (Å²) in [6.45, 7) is 0. The molecule has 2 rings (SSSR count). The average molecular weight is 211 g/mol. The van der Waals surface area contributed by atoms with Crippen molar-refractivity contribution < 1.29 is 0 Å². The summed E-state index contributed by atoms with van der Waals surface area (Å²) < 4.78 is 0. The molecule has 1 aromatic rings. The van der Waals surface area contributed by atoms with Crippen molar-refractivity contribution in [3.63, 3.8) is 0 Å². The molecule has 0 unspecified atom stereocenters. The van der Waals surface area contributed by atoms with Gasteiger partial charge in [-0.05, 0) is 12.1 Å². The minimum absolute atomic E-state index is 0.582. The number of nitrogens with zero attached hydrogens (tertiary/aromatic N) is 2. The quantitative estimate of drug-likeness (QED) is 0.682. The van der Waals surface area contributed by atoms with Crippen LogP contribution in [-0.4, -0.2) is 6.21 Å². The summed E-state index contributed by atoms with van der Waals surface area (Å²) in [6.07, 6.45) is 4.33. The Labute approximate surface area is 85.9 Å². The molecule has 0 N–H and O–H groups in total. The second kappa shape index (κ2) is 3.40. The van der Waals surface area contributed by atoms with Crippen LogP contribution in [0.15, 0.2) is 29.5 Å². The minimum atomic E-state index is 0.582. The van der Waals surface area contributed by atoms with Crippen LogP contribution >= 0.6 is 23.2 Å². The molecule has 0 amide bonds. The lowest BCUT2D eigenvalue weighted by Gasteiger charge is -2.01. The largest absolute Gasteiger partial charge is 0.158 e. The maximum absolute atomic E-state index is 5.96. The van der Waals surface area contributed by atoms with E-state index in [1.54, 1.807) is 18.3 Å². The molecule has 4 heteroatoms. The van der Waals surface area contributed by atoms with E-state index in [-0.39, 0.29) is 0 Å². The maximum atomic E-state index is 5.96. The van der Waals surface area contributed by atoms with E-state index in [1.807, 2.05) is 6.07 Å². The van der Waals surface area contributed by atoms with Crippen molar-refractivity contribution in [1.29, 1.82) is 0 Å². The van der Waals surface area contributed by atoms with Crippen molar-refractivity contribution in [2.45, 2.75) is 0 Å². The number of allylic oxidation sites excluding steroid dienone is 1. The van der Waals surface area contributed by atoms with E-state index < -0.39 is 0 Å². The van der Waals surface area contributed by atoms with Crippen molar-refractivity contribution >= 4 is 35.0 Å². The van der Waals surface area contributed by atoms with Gasteiger partial charge < -0.3 is 0 Å². The van der Waals surface area contributed by atoms with E-state index in [0.29, 0.717) is 10.0 Å². The minimum Gasteiger partial charge on any atom is -0.158 e. The predicted octanol–water partition coefficient (Wildman–Crippen LogP) is 2.82. The summed E-state index contributed by atoms with van der Waals surface area (Å²) in [4.78, 5) is 0. The van der Waals surface area contributed by atoms with Gasteiger partial charge in [0.2, 0.25) is 0 Å². The van der Waals surface area contributed by atoms with Crippen molar-refractivity contribution in [2.24, 2.45) is 5.10 Å². The molecule has 0 fully saturated rings. The highest BCUT2D eigenvalue weighted by atomic mass is 35.5. The van der Waals surface area contributed by atoms with Gasteiger partial charge in [-0.3, -0.25) is 0 Å². The first kappa shape index (κ1) is 8.60. The van der Waals surface area contributed by atoms with Crippen molar-refractivity contribution in [1.82, 2.24) is 5.43 Å². The van der Waals surface area contributed by atoms with Gasteiger partial charge in [-0.25, -0.2) is 0 Å². The highest BCUT2D eigenvalue weighted by Gasteiger charge is 2.08. The summed E-state index contributed by atoms with van der Waals surface area (Å²) in [5.74, 6) is 0. The van der Waals surface area contributed by atoms with Gasteiger partial charge in [-0.15, -0.1) is 5.10 Å². The Morgan fingerprint density at radius 3 is 2.69 bits per heavy atom. The van der Waals surface area contributed by atoms with Crippen LogP contribution < -0.4 is 5.43 Å². The lowest BCUT2D eigenvalue weighted by atomic mass is 10.1. The zero-order valence-electron chi connectivity index (χ0n) is 6.46. The Bertz CT molecular complexity index is 397. The zero-order chi connectivity index (χ0) is 9.26. The number of halogens is 2. The summed E-state index contributed by atoms with van der Waals surface area (Å²) in [5.41, 5.74) is 5.29. The topological polar surface area (TPSA) is 26.5 Å². The summed E-state index contributed by atoms with van der Waals surface area (Å²) >= 11 is 11.7. The van der Waals surface area contributed by atoms with Gasteiger partial charge in [0.15, 0.2) is 0 Å². The molecular formula is C9H4Cl2N2. The molecule has 0 saturated heterocycles. The molecule has 64 valence electrons. The predicted molar refractivity (Wildman–Crippen MR) is 54.0 cm³/mol. The van der Waals surface area contributed by atoms with Crippen molar-refractivity contribution in [3.05, 3.63) is 40.0 Å². The smallest absolute Gasteiger partial charge is 0.123 e. The third kappa shape index (κ3) is 1.69. The molecular weight excluding hydrogens is 207 g/mol. The standard InChI is InChI=1S/C9H4Cl2N2/c10-7-1-2-8(9(11)3-7)6-4-12-13-5-6/h1-4H. The number of rotatable bonds is 1. The fourth-order valence-corrected chi connectivity index (χ4v) is 1.55. The molecule has 0 aliphatic carbocycles. The molecule has 2 nitrogen and oxygen atoms in total. The SMILES string of the molecule is Clc1ccc(C2=C[N]N=[C]2)c(Cl)c1. The van der Waals surface area contributed by atoms with Gasteiger partial charge in [-0.2, -0.15) is 5.43 Å². The Balaban J connectivity index is 2.46. The normalized spacial score (nSPS) is 14.2. The van der Waals surface area contributed by atoms with Crippen LogP contribution in [0.1, 0.15) is 5.56 Å². The third-order valence-corrected chi connectivity index (χ3v) is 2.18. The average Bonchev–Trinajstić information content (AvgIpc) is 2.56. The van der Waals surface area contributed by atoms with Crippen molar-refractivity contribution in [3.8, 4) is 0 Å². The van der Waals surface area contributed by atoms with Gasteiger partial charge in [0.05, 0.1) is 11.2 Å². The number of benzene rings is 1. The molecule has 1 aliphatic heterocycles. The van der Waals surface area contributed by atoms with Crippen molar-refractivity contribution in [2.75, 3.05) is 0 Å². The molecule has 2 radical (unpaired) electrons. The molecule has 1 aliphatic rings. The Morgan fingerprint density at radius 2 is 2.08 bits per heavy atom. The van der Waals surface area contributed by atoms with Crippen LogP contribution in [0.3, 0.4) is 0 Å². The molecule has 0 bridgehead atoms. The van der Waals surface area contributed by atoms with Crippen LogP contribution in [0.25, 0.3) is 5.57 Å². The second-order valence-electron chi connectivity index (χ2n) is 2.49. The van der Waals surface area contributed by atoms with Gasteiger partial charge in [0, 0.05) is 16.2 Å². The molecule has 13 heavy (non-hydrogen) atoms. The first-order valence-electron chi connectivity index (χ1n) is 3.59. The lowest BCUT2D eigenvalue weighted by Crippen LogP contribution is -1.84. The molecule has 1 heterocycles. The Morgan fingerprint density at radius 1 is 1.23 bits per heavy atom. The molecule has 0 atom stereocenters. The van der Waals surface area contributed by atoms with E-state index in [2.05, 4.69) is 16.7 Å². The van der Waals surface area contributed by atoms with Crippen LogP contribution in [0.4, 0.5) is 0 Å². The fourth-order valence-electron chi connectivity index (χ4n) is 1.04. The van der Waals surface area contributed by atoms with Crippen LogP contribution in [0, 0.1) is 0 Å². The molecule has 0 aromatic heterocycles. The Hall–Kier alpha value is -0.990. The summed E-state index contributed by atoms with van der Waals surface area (Å²) in [5, 5.41) is 4.79. The van der Waals surface area contributed by atoms with Crippen LogP contribution in [0.5, 0.6) is 0 Å². The summed E-state index contributed by atoms with van der Waals surface area (Å²) in [7, 11) is 0. The Kier molecular flexibility index (Phi) is 2.25. The highest BCUT2D eigenvalue weighted by Crippen LogP contribution is 2.26. The number of hydrogen-bond acceptors (Lipinski definition) is 1. The van der Waals surface area contributed by atoms with E-state index in [4.69, 9.17) is 23.2 Å². The van der Waals surface area contributed by atoms with Gasteiger partial charge in [0.25, 0.3) is 0 Å². The van der Waals surface area contributed by atoms with Crippen LogP contribution in [-0.2, 0) is 0 Å². The van der Waals surface area contributed by atoms with Gasteiger partial charge >= 0.3 is 0 Å². The molecule has 1 aromatic carbocycles. The first-order valence-corrected chi connectivity index (χ1v) is 4.34. The molecule has 0 spiro atoms. The van der Waals surface area contributed by atoms with Crippen LogP contribution in [0.2, 0.25) is 10.0 Å². The van der Waals surface area contributed by atoms with Gasteiger partial charge in [-0.1, -0.05) is 29.3 Å². The van der Waals surface area contributed by atoms with E-state index in [9.17, 15) is 0 Å². The zero-order valence-corrected chi connectivity index (χ0v) is 7.97. The van der Waals surface area contributed by atoms with Gasteiger partial charge in [0.1, 0.15) is 6.21 Å². The maximum Gasteiger partial charge on any atom is 0.123 e. The highest BCUT2D eigenvalue weighted by molar-refractivity contribution is 6.36. The number of hydrogen-bond donors (Lipinski definition) is 0. The van der Waals surface area contributed by atoms with E-state index in [0.717, 1.165) is 11.1 Å². The lowest BCUT2D eigenvalue weighted by molar-refractivity contribution is 0.977.